The highest BCUT2D eigenvalue weighted by atomic mass is 14.8. The molecule has 0 spiro atoms. The van der Waals surface area contributed by atoms with Crippen LogP contribution in [0.4, 0.5) is 5.69 Å². The minimum atomic E-state index is 1.00. The van der Waals surface area contributed by atoms with E-state index in [-0.39, 0.29) is 0 Å². The molecule has 0 aliphatic carbocycles. The fourth-order valence-electron chi connectivity index (χ4n) is 1.74. The lowest BCUT2D eigenvalue weighted by molar-refractivity contribution is 0.738. The Bertz CT molecular complexity index is 325. The second-order valence-corrected chi connectivity index (χ2v) is 3.51. The molecule has 0 radical (unpaired) electrons. The van der Waals surface area contributed by atoms with Crippen LogP contribution in [0.5, 0.6) is 0 Å². The van der Waals surface area contributed by atoms with E-state index in [9.17, 15) is 0 Å². The van der Waals surface area contributed by atoms with Crippen LogP contribution in [0, 0.1) is 0 Å². The normalized spacial score (nSPS) is 16.2. The fourth-order valence-corrected chi connectivity index (χ4v) is 1.74. The van der Waals surface area contributed by atoms with E-state index in [4.69, 9.17) is 0 Å². The molecule has 74 valence electrons. The number of benzene rings is 1. The van der Waals surface area contributed by atoms with Crippen LogP contribution >= 0.6 is 0 Å². The second kappa shape index (κ2) is 4.29. The third-order valence-corrected chi connectivity index (χ3v) is 2.61. The summed E-state index contributed by atoms with van der Waals surface area (Å²) >= 11 is 0. The summed E-state index contributed by atoms with van der Waals surface area (Å²) in [5, 5.41) is 6.44. The van der Waals surface area contributed by atoms with Crippen LogP contribution in [0.15, 0.2) is 30.3 Å². The highest BCUT2D eigenvalue weighted by Crippen LogP contribution is 2.21. The smallest absolute Gasteiger partial charge is 0.0337 e. The van der Waals surface area contributed by atoms with E-state index in [0.29, 0.717) is 0 Å². The Balaban J connectivity index is 2.19. The number of hydrogen-bond acceptors (Lipinski definition) is 2. The largest absolute Gasteiger partial charge is 0.388 e. The Labute approximate surface area is 85.0 Å². The molecule has 0 bridgehead atoms. The van der Waals surface area contributed by atoms with Crippen molar-refractivity contribution in [1.29, 1.82) is 0 Å². The van der Waals surface area contributed by atoms with Gasteiger partial charge >= 0.3 is 0 Å². The molecule has 2 N–H and O–H groups in total. The topological polar surface area (TPSA) is 24.1 Å². The molecule has 1 aromatic carbocycles. The van der Waals surface area contributed by atoms with Gasteiger partial charge in [0.05, 0.1) is 0 Å². The minimum absolute atomic E-state index is 1.00. The van der Waals surface area contributed by atoms with Crippen molar-refractivity contribution < 1.29 is 0 Å². The van der Waals surface area contributed by atoms with E-state index >= 15 is 0 Å². The number of hydrogen-bond donors (Lipinski definition) is 2. The molecule has 2 nitrogen and oxygen atoms in total. The maximum Gasteiger partial charge on any atom is 0.0337 e. The number of rotatable bonds is 2. The van der Waals surface area contributed by atoms with Crippen molar-refractivity contribution in [2.45, 2.75) is 6.42 Å². The third kappa shape index (κ3) is 1.96. The number of nitrogens with one attached hydrogen (secondary N) is 2. The van der Waals surface area contributed by atoms with Gasteiger partial charge in [-0.25, -0.2) is 0 Å². The molecule has 0 unspecified atom stereocenters. The van der Waals surface area contributed by atoms with Gasteiger partial charge in [0.1, 0.15) is 0 Å². The second-order valence-electron chi connectivity index (χ2n) is 3.51. The van der Waals surface area contributed by atoms with Crippen LogP contribution in [0.1, 0.15) is 12.0 Å². The van der Waals surface area contributed by atoms with E-state index in [1.807, 2.05) is 7.05 Å². The molecule has 0 fully saturated rings. The Hall–Kier alpha value is -1.28. The van der Waals surface area contributed by atoms with Gasteiger partial charge in [-0.05, 0) is 36.2 Å². The van der Waals surface area contributed by atoms with Crippen molar-refractivity contribution in [2.24, 2.45) is 0 Å². The summed E-state index contributed by atoms with van der Waals surface area (Å²) < 4.78 is 0. The summed E-state index contributed by atoms with van der Waals surface area (Å²) in [7, 11) is 1.94. The highest BCUT2D eigenvalue weighted by molar-refractivity contribution is 5.68. The zero-order valence-electron chi connectivity index (χ0n) is 8.51. The van der Waals surface area contributed by atoms with Gasteiger partial charge in [-0.2, -0.15) is 0 Å². The first-order valence-corrected chi connectivity index (χ1v) is 5.08. The molecule has 1 aliphatic heterocycles. The molecule has 2 heteroatoms. The van der Waals surface area contributed by atoms with Gasteiger partial charge in [0.25, 0.3) is 0 Å². The van der Waals surface area contributed by atoms with Gasteiger partial charge in [0.2, 0.25) is 0 Å². The zero-order valence-corrected chi connectivity index (χ0v) is 8.51. The average molecular weight is 188 g/mol. The van der Waals surface area contributed by atoms with Gasteiger partial charge in [0.15, 0.2) is 0 Å². The van der Waals surface area contributed by atoms with Gasteiger partial charge < -0.3 is 10.6 Å². The van der Waals surface area contributed by atoms with E-state index in [1.165, 1.54) is 16.8 Å². The molecule has 0 saturated heterocycles. The molecular weight excluding hydrogens is 172 g/mol. The lowest BCUT2D eigenvalue weighted by Crippen LogP contribution is -2.19. The molecule has 14 heavy (non-hydrogen) atoms. The van der Waals surface area contributed by atoms with Crippen molar-refractivity contribution in [3.8, 4) is 0 Å². The lowest BCUT2D eigenvalue weighted by atomic mass is 10.0. The first-order chi connectivity index (χ1) is 6.90. The highest BCUT2D eigenvalue weighted by Gasteiger charge is 2.04. The Morgan fingerprint density at radius 3 is 2.57 bits per heavy atom. The van der Waals surface area contributed by atoms with Crippen molar-refractivity contribution >= 4 is 11.3 Å². The van der Waals surface area contributed by atoms with Crippen LogP contribution in [-0.4, -0.2) is 20.1 Å². The molecule has 0 aromatic heterocycles. The maximum absolute atomic E-state index is 3.32. The van der Waals surface area contributed by atoms with E-state index in [2.05, 4.69) is 41.0 Å². The first-order valence-electron chi connectivity index (χ1n) is 5.08. The summed E-state index contributed by atoms with van der Waals surface area (Å²) in [6.45, 7) is 2.10. The molecule has 0 amide bonds. The Kier molecular flexibility index (Phi) is 2.84. The van der Waals surface area contributed by atoms with Gasteiger partial charge in [-0.15, -0.1) is 0 Å². The molecule has 0 atom stereocenters. The Morgan fingerprint density at radius 1 is 1.21 bits per heavy atom. The van der Waals surface area contributed by atoms with Crippen molar-refractivity contribution in [2.75, 3.05) is 25.5 Å². The summed E-state index contributed by atoms with van der Waals surface area (Å²) in [6.07, 6.45) is 3.41. The molecular formula is C12H16N2. The van der Waals surface area contributed by atoms with E-state index < -0.39 is 0 Å². The molecule has 2 rings (SSSR count). The Morgan fingerprint density at radius 2 is 2.00 bits per heavy atom. The number of anilines is 1. The standard InChI is InChI=1S/C12H16N2/c1-13-12-4-2-10(3-5-12)11-6-8-14-9-7-11/h2-6,13-14H,7-9H2,1H3. The van der Waals surface area contributed by atoms with Crippen LogP contribution in [-0.2, 0) is 0 Å². The predicted octanol–water partition coefficient (Wildman–Crippen LogP) is 2.10. The molecule has 0 saturated carbocycles. The quantitative estimate of drug-likeness (QED) is 0.742. The average Bonchev–Trinajstić information content (AvgIpc) is 2.30. The zero-order chi connectivity index (χ0) is 9.80. The molecule has 1 aliphatic rings. The maximum atomic E-state index is 3.32. The summed E-state index contributed by atoms with van der Waals surface area (Å²) in [5.41, 5.74) is 3.99. The SMILES string of the molecule is CNc1ccc(C2=CCNCC2)cc1. The van der Waals surface area contributed by atoms with Crippen LogP contribution in [0.3, 0.4) is 0 Å². The van der Waals surface area contributed by atoms with Gasteiger partial charge in [-0.3, -0.25) is 0 Å². The monoisotopic (exact) mass is 188 g/mol. The fraction of sp³-hybridized carbons (Fsp3) is 0.333. The molecule has 1 heterocycles. The summed E-state index contributed by atoms with van der Waals surface area (Å²) in [6, 6.07) is 8.61. The predicted molar refractivity (Wildman–Crippen MR) is 61.5 cm³/mol. The summed E-state index contributed by atoms with van der Waals surface area (Å²) in [4.78, 5) is 0. The van der Waals surface area contributed by atoms with Crippen molar-refractivity contribution in [1.82, 2.24) is 5.32 Å². The minimum Gasteiger partial charge on any atom is -0.388 e. The van der Waals surface area contributed by atoms with Crippen molar-refractivity contribution in [3.63, 3.8) is 0 Å². The van der Waals surface area contributed by atoms with Crippen LogP contribution in [0.2, 0.25) is 0 Å². The van der Waals surface area contributed by atoms with Gasteiger partial charge in [-0.1, -0.05) is 18.2 Å². The first kappa shape index (κ1) is 9.28. The van der Waals surface area contributed by atoms with Gasteiger partial charge in [0, 0.05) is 19.3 Å². The summed E-state index contributed by atoms with van der Waals surface area (Å²) in [5.74, 6) is 0. The van der Waals surface area contributed by atoms with E-state index in [0.717, 1.165) is 19.5 Å². The third-order valence-electron chi connectivity index (χ3n) is 2.61. The van der Waals surface area contributed by atoms with Crippen molar-refractivity contribution in [3.05, 3.63) is 35.9 Å². The lowest BCUT2D eigenvalue weighted by Gasteiger charge is -2.14. The van der Waals surface area contributed by atoms with E-state index in [1.54, 1.807) is 0 Å². The van der Waals surface area contributed by atoms with Crippen LogP contribution < -0.4 is 10.6 Å². The van der Waals surface area contributed by atoms with Crippen LogP contribution in [0.25, 0.3) is 5.57 Å². The molecule has 1 aromatic rings.